The zero-order chi connectivity index (χ0) is 28.5. The lowest BCUT2D eigenvalue weighted by Gasteiger charge is -2.26. The lowest BCUT2D eigenvalue weighted by atomic mass is 10.1. The fraction of sp³-hybridized carbons (Fsp3) is 0.250. The Morgan fingerprint density at radius 1 is 1.00 bits per heavy atom. The van der Waals surface area contributed by atoms with Crippen molar-refractivity contribution in [3.63, 3.8) is 0 Å². The number of para-hydroxylation sites is 1. The van der Waals surface area contributed by atoms with Crippen molar-refractivity contribution < 1.29 is 41.3 Å². The van der Waals surface area contributed by atoms with Crippen LogP contribution in [0, 0.1) is 0 Å². The van der Waals surface area contributed by atoms with Crippen molar-refractivity contribution in [2.45, 2.75) is 36.4 Å². The number of rotatable bonds is 13. The molecule has 3 aromatic rings. The third-order valence-electron chi connectivity index (χ3n) is 5.58. The Morgan fingerprint density at radius 3 is 2.38 bits per heavy atom. The average Bonchev–Trinajstić information content (AvgIpc) is 2.90. The highest BCUT2D eigenvalue weighted by Gasteiger charge is 2.37. The van der Waals surface area contributed by atoms with Gasteiger partial charge in [-0.3, -0.25) is 9.10 Å². The quantitative estimate of drug-likeness (QED) is 0.292. The minimum atomic E-state index is -4.78. The van der Waals surface area contributed by atoms with E-state index < -0.39 is 34.8 Å². The molecule has 0 bridgehead atoms. The monoisotopic (exact) mass is 563 g/mol. The van der Waals surface area contributed by atoms with Gasteiger partial charge in [-0.1, -0.05) is 60.7 Å². The Bertz CT molecular complexity index is 1380. The van der Waals surface area contributed by atoms with Crippen molar-refractivity contribution in [3.8, 4) is 5.75 Å². The van der Waals surface area contributed by atoms with Crippen LogP contribution in [0.4, 0.5) is 18.9 Å². The summed E-state index contributed by atoms with van der Waals surface area (Å²) in [5.74, 6) is -0.402. The molecule has 0 saturated heterocycles. The summed E-state index contributed by atoms with van der Waals surface area (Å²) in [6, 6.07) is 19.5. The highest BCUT2D eigenvalue weighted by Crippen LogP contribution is 2.29. The number of sulfonamides is 1. The van der Waals surface area contributed by atoms with Crippen molar-refractivity contribution in [1.82, 2.24) is 0 Å². The number of hydrogen-bond donors (Lipinski definition) is 2. The third-order valence-corrected chi connectivity index (χ3v) is 7.36. The highest BCUT2D eigenvalue weighted by molar-refractivity contribution is 7.92. The number of carbonyl (C=O) groups is 1. The fourth-order valence-electron chi connectivity index (χ4n) is 3.68. The van der Waals surface area contributed by atoms with E-state index in [0.29, 0.717) is 22.0 Å². The van der Waals surface area contributed by atoms with Gasteiger partial charge in [0.2, 0.25) is 0 Å². The Labute approximate surface area is 224 Å². The van der Waals surface area contributed by atoms with Crippen LogP contribution >= 0.6 is 0 Å². The van der Waals surface area contributed by atoms with E-state index in [1.165, 1.54) is 54.6 Å². The molecule has 1 atom stereocenters. The lowest BCUT2D eigenvalue weighted by Crippen LogP contribution is -2.39. The van der Waals surface area contributed by atoms with Crippen molar-refractivity contribution in [3.05, 3.63) is 96.1 Å². The molecule has 0 fully saturated rings. The van der Waals surface area contributed by atoms with Gasteiger partial charge in [0.25, 0.3) is 10.0 Å². The second-order valence-electron chi connectivity index (χ2n) is 8.60. The zero-order valence-electron chi connectivity index (χ0n) is 20.8. The van der Waals surface area contributed by atoms with E-state index in [4.69, 9.17) is 9.84 Å². The number of aliphatic hydroxyl groups is 1. The van der Waals surface area contributed by atoms with Crippen LogP contribution < -0.4 is 9.04 Å². The maximum Gasteiger partial charge on any atom is 0.407 e. The molecule has 3 aromatic carbocycles. The van der Waals surface area contributed by atoms with Crippen LogP contribution in [-0.4, -0.2) is 50.0 Å². The molecule has 0 aliphatic carbocycles. The van der Waals surface area contributed by atoms with Gasteiger partial charge in [0, 0.05) is 12.8 Å². The SMILES string of the molecule is O=C(O)CCc1ccccc1OCC[C@@H](O)/C=C/c1cccc(N(CC(F)(F)F)S(=O)(=O)c2ccccc2)c1. The maximum atomic E-state index is 13.3. The van der Waals surface area contributed by atoms with Crippen LogP contribution in [-0.2, 0) is 21.2 Å². The summed E-state index contributed by atoms with van der Waals surface area (Å²) in [7, 11) is -4.50. The summed E-state index contributed by atoms with van der Waals surface area (Å²) in [5, 5.41) is 19.2. The molecule has 2 N–H and O–H groups in total. The summed E-state index contributed by atoms with van der Waals surface area (Å²) in [6.45, 7) is -1.57. The fourth-order valence-corrected chi connectivity index (χ4v) is 5.14. The molecule has 0 radical (unpaired) electrons. The number of carboxylic acids is 1. The summed E-state index contributed by atoms with van der Waals surface area (Å²) < 4.78 is 72.1. The molecule has 0 aromatic heterocycles. The number of ether oxygens (including phenoxy) is 1. The normalized spacial score (nSPS) is 12.8. The summed E-state index contributed by atoms with van der Waals surface area (Å²) in [4.78, 5) is 10.6. The van der Waals surface area contributed by atoms with Crippen LogP contribution in [0.1, 0.15) is 24.0 Å². The molecule has 0 unspecified atom stereocenters. The maximum absolute atomic E-state index is 13.3. The molecule has 0 spiro atoms. The van der Waals surface area contributed by atoms with Gasteiger partial charge in [0.15, 0.2) is 0 Å². The largest absolute Gasteiger partial charge is 0.493 e. The summed E-state index contributed by atoms with van der Waals surface area (Å²) in [6.07, 6.45) is -2.39. The number of hydrogen-bond acceptors (Lipinski definition) is 5. The van der Waals surface area contributed by atoms with E-state index in [0.717, 1.165) is 5.56 Å². The van der Waals surface area contributed by atoms with Crippen LogP contribution in [0.25, 0.3) is 6.08 Å². The van der Waals surface area contributed by atoms with Crippen molar-refractivity contribution in [2.75, 3.05) is 17.5 Å². The Balaban J connectivity index is 1.69. The topological polar surface area (TPSA) is 104 Å². The van der Waals surface area contributed by atoms with Gasteiger partial charge >= 0.3 is 12.1 Å². The van der Waals surface area contributed by atoms with Gasteiger partial charge in [0.1, 0.15) is 12.3 Å². The molecular weight excluding hydrogens is 535 g/mol. The molecule has 7 nitrogen and oxygen atoms in total. The van der Waals surface area contributed by atoms with Crippen LogP contribution in [0.5, 0.6) is 5.75 Å². The van der Waals surface area contributed by atoms with E-state index >= 15 is 0 Å². The van der Waals surface area contributed by atoms with E-state index in [1.54, 1.807) is 36.4 Å². The van der Waals surface area contributed by atoms with Gasteiger partial charge in [-0.2, -0.15) is 13.2 Å². The molecule has 0 heterocycles. The van der Waals surface area contributed by atoms with E-state index in [2.05, 4.69) is 0 Å². The molecule has 3 rings (SSSR count). The number of anilines is 1. The molecular formula is C28H28F3NO6S. The first-order valence-corrected chi connectivity index (χ1v) is 13.4. The number of nitrogens with zero attached hydrogens (tertiary/aromatic N) is 1. The first-order valence-electron chi connectivity index (χ1n) is 12.0. The van der Waals surface area contributed by atoms with Crippen molar-refractivity contribution in [1.29, 1.82) is 0 Å². The number of aliphatic carboxylic acids is 1. The standard InChI is InChI=1S/C28H28F3NO6S/c29-28(30,31)20-32(39(36,37)25-10-2-1-3-11-25)23-9-6-7-21(19-23)13-15-24(33)17-18-38-26-12-5-4-8-22(26)14-16-27(34)35/h1-13,15,19,24,33H,14,16-18,20H2,(H,34,35)/b15-13+/t24-/m0/s1. The number of carboxylic acid groups (broad SMARTS) is 1. The van der Waals surface area contributed by atoms with Crippen molar-refractivity contribution >= 4 is 27.8 Å². The predicted molar refractivity (Wildman–Crippen MR) is 141 cm³/mol. The molecule has 11 heteroatoms. The highest BCUT2D eigenvalue weighted by atomic mass is 32.2. The third kappa shape index (κ3) is 9.15. The first-order chi connectivity index (χ1) is 18.5. The van der Waals surface area contributed by atoms with Crippen LogP contribution in [0.3, 0.4) is 0 Å². The number of alkyl halides is 3. The molecule has 39 heavy (non-hydrogen) atoms. The van der Waals surface area contributed by atoms with Gasteiger partial charge in [0.05, 0.1) is 23.3 Å². The summed E-state index contributed by atoms with van der Waals surface area (Å²) >= 11 is 0. The smallest absolute Gasteiger partial charge is 0.407 e. The number of halogens is 3. The second kappa shape index (κ2) is 13.3. The number of benzene rings is 3. The molecule has 208 valence electrons. The predicted octanol–water partition coefficient (Wildman–Crippen LogP) is 5.30. The van der Waals surface area contributed by atoms with Gasteiger partial charge in [-0.05, 0) is 47.9 Å². The minimum absolute atomic E-state index is 0.0438. The Kier molecular flexibility index (Phi) is 10.1. The second-order valence-corrected chi connectivity index (χ2v) is 10.5. The van der Waals surface area contributed by atoms with Crippen molar-refractivity contribution in [2.24, 2.45) is 0 Å². The Morgan fingerprint density at radius 2 is 1.69 bits per heavy atom. The van der Waals surface area contributed by atoms with Gasteiger partial charge in [-0.15, -0.1) is 0 Å². The van der Waals surface area contributed by atoms with Gasteiger partial charge < -0.3 is 14.9 Å². The van der Waals surface area contributed by atoms with Crippen LogP contribution in [0.15, 0.2) is 89.8 Å². The number of aryl methyl sites for hydroxylation is 1. The van der Waals surface area contributed by atoms with E-state index in [-0.39, 0.29) is 30.0 Å². The minimum Gasteiger partial charge on any atom is -0.493 e. The number of aliphatic hydroxyl groups excluding tert-OH is 1. The van der Waals surface area contributed by atoms with Crippen LogP contribution in [0.2, 0.25) is 0 Å². The van der Waals surface area contributed by atoms with E-state index in [1.807, 2.05) is 0 Å². The van der Waals surface area contributed by atoms with Gasteiger partial charge in [-0.25, -0.2) is 8.42 Å². The molecule has 0 saturated carbocycles. The van der Waals surface area contributed by atoms with E-state index in [9.17, 15) is 31.5 Å². The Hall–Kier alpha value is -3.83. The average molecular weight is 564 g/mol. The summed E-state index contributed by atoms with van der Waals surface area (Å²) in [5.41, 5.74) is 0.951. The molecule has 0 aliphatic rings. The molecule has 0 aliphatic heterocycles. The zero-order valence-corrected chi connectivity index (χ0v) is 21.6. The first kappa shape index (κ1) is 29.7. The molecule has 0 amide bonds. The lowest BCUT2D eigenvalue weighted by molar-refractivity contribution is -0.137.